The Morgan fingerprint density at radius 3 is 2.94 bits per heavy atom. The van der Waals surface area contributed by atoms with Gasteiger partial charge in [-0.05, 0) is 13.8 Å². The third kappa shape index (κ3) is 2.70. The molecule has 2 heterocycles. The van der Waals surface area contributed by atoms with Crippen LogP contribution in [0.15, 0.2) is 12.4 Å². The minimum Gasteiger partial charge on any atom is -0.383 e. The summed E-state index contributed by atoms with van der Waals surface area (Å²) in [6, 6.07) is 0. The quantitative estimate of drug-likeness (QED) is 0.813. The summed E-state index contributed by atoms with van der Waals surface area (Å²) in [6.45, 7) is 6.16. The zero-order valence-corrected chi connectivity index (χ0v) is 11.0. The molecule has 0 atom stereocenters. The molecule has 6 nitrogen and oxygen atoms in total. The van der Waals surface area contributed by atoms with Gasteiger partial charge < -0.3 is 15.0 Å². The first-order valence-electron chi connectivity index (χ1n) is 5.97. The summed E-state index contributed by atoms with van der Waals surface area (Å²) in [7, 11) is 1.70. The summed E-state index contributed by atoms with van der Waals surface area (Å²) < 4.78 is 7.03. The number of rotatable bonds is 6. The summed E-state index contributed by atoms with van der Waals surface area (Å²) in [5.74, 6) is 0.915. The molecule has 0 aliphatic rings. The van der Waals surface area contributed by atoms with Crippen molar-refractivity contribution in [2.75, 3.05) is 19.0 Å². The SMILES string of the molecule is COCCn1nc(C)c(NCc2ncc[nH]2)c1C. The van der Waals surface area contributed by atoms with Gasteiger partial charge in [-0.3, -0.25) is 4.68 Å². The summed E-state index contributed by atoms with van der Waals surface area (Å²) in [4.78, 5) is 7.25. The fraction of sp³-hybridized carbons (Fsp3) is 0.500. The molecule has 2 rings (SSSR count). The lowest BCUT2D eigenvalue weighted by atomic mass is 10.3. The second-order valence-corrected chi connectivity index (χ2v) is 4.15. The van der Waals surface area contributed by atoms with Crippen molar-refractivity contribution in [3.63, 3.8) is 0 Å². The van der Waals surface area contributed by atoms with Crippen LogP contribution in [0.1, 0.15) is 17.2 Å². The Morgan fingerprint density at radius 2 is 2.28 bits per heavy atom. The molecule has 0 aliphatic carbocycles. The third-order valence-corrected chi connectivity index (χ3v) is 2.88. The van der Waals surface area contributed by atoms with Crippen LogP contribution in [-0.4, -0.2) is 33.5 Å². The Morgan fingerprint density at radius 1 is 1.44 bits per heavy atom. The zero-order valence-electron chi connectivity index (χ0n) is 11.0. The number of aromatic amines is 1. The van der Waals surface area contributed by atoms with Gasteiger partial charge in [0.1, 0.15) is 5.82 Å². The van der Waals surface area contributed by atoms with E-state index < -0.39 is 0 Å². The number of methoxy groups -OCH3 is 1. The maximum absolute atomic E-state index is 5.07. The van der Waals surface area contributed by atoms with Gasteiger partial charge >= 0.3 is 0 Å². The van der Waals surface area contributed by atoms with Crippen molar-refractivity contribution < 1.29 is 4.74 Å². The van der Waals surface area contributed by atoms with E-state index in [0.29, 0.717) is 13.2 Å². The van der Waals surface area contributed by atoms with Crippen molar-refractivity contribution in [2.24, 2.45) is 0 Å². The van der Waals surface area contributed by atoms with Crippen molar-refractivity contribution in [3.05, 3.63) is 29.6 Å². The van der Waals surface area contributed by atoms with E-state index in [9.17, 15) is 0 Å². The topological polar surface area (TPSA) is 67.8 Å². The molecule has 2 N–H and O–H groups in total. The number of anilines is 1. The second kappa shape index (κ2) is 5.68. The smallest absolute Gasteiger partial charge is 0.125 e. The van der Waals surface area contributed by atoms with E-state index >= 15 is 0 Å². The summed E-state index contributed by atoms with van der Waals surface area (Å²) in [6.07, 6.45) is 3.57. The van der Waals surface area contributed by atoms with Crippen molar-refractivity contribution in [1.82, 2.24) is 19.7 Å². The highest BCUT2D eigenvalue weighted by Gasteiger charge is 2.11. The van der Waals surface area contributed by atoms with Gasteiger partial charge in [0.15, 0.2) is 0 Å². The minimum absolute atomic E-state index is 0.666. The Labute approximate surface area is 106 Å². The Balaban J connectivity index is 2.05. The number of hydrogen-bond acceptors (Lipinski definition) is 4. The van der Waals surface area contributed by atoms with Crippen molar-refractivity contribution in [1.29, 1.82) is 0 Å². The van der Waals surface area contributed by atoms with E-state index in [4.69, 9.17) is 4.74 Å². The summed E-state index contributed by atoms with van der Waals surface area (Å²) in [5.41, 5.74) is 3.19. The Hall–Kier alpha value is -1.82. The number of aromatic nitrogens is 4. The number of nitrogens with one attached hydrogen (secondary N) is 2. The molecule has 0 saturated heterocycles. The normalized spacial score (nSPS) is 10.8. The van der Waals surface area contributed by atoms with Crippen molar-refractivity contribution in [3.8, 4) is 0 Å². The Kier molecular flexibility index (Phi) is 3.99. The number of imidazole rings is 1. The first-order chi connectivity index (χ1) is 8.72. The molecule has 0 spiro atoms. The van der Waals surface area contributed by atoms with Crippen LogP contribution in [0.25, 0.3) is 0 Å². The third-order valence-electron chi connectivity index (χ3n) is 2.88. The van der Waals surface area contributed by atoms with Crippen molar-refractivity contribution in [2.45, 2.75) is 26.9 Å². The predicted octanol–water partition coefficient (Wildman–Crippen LogP) is 1.48. The van der Waals surface area contributed by atoms with E-state index in [1.54, 1.807) is 13.3 Å². The largest absolute Gasteiger partial charge is 0.383 e. The summed E-state index contributed by atoms with van der Waals surface area (Å²) >= 11 is 0. The van der Waals surface area contributed by atoms with Crippen LogP contribution in [0.5, 0.6) is 0 Å². The summed E-state index contributed by atoms with van der Waals surface area (Å²) in [5, 5.41) is 7.85. The molecule has 0 fully saturated rings. The number of aryl methyl sites for hydroxylation is 1. The number of hydrogen-bond donors (Lipinski definition) is 2. The maximum Gasteiger partial charge on any atom is 0.125 e. The van der Waals surface area contributed by atoms with Gasteiger partial charge in [-0.25, -0.2) is 4.98 Å². The molecule has 6 heteroatoms. The highest BCUT2D eigenvalue weighted by Crippen LogP contribution is 2.19. The van der Waals surface area contributed by atoms with E-state index in [1.807, 2.05) is 17.8 Å². The van der Waals surface area contributed by atoms with Crippen LogP contribution in [-0.2, 0) is 17.8 Å². The second-order valence-electron chi connectivity index (χ2n) is 4.15. The van der Waals surface area contributed by atoms with E-state index in [2.05, 4.69) is 27.3 Å². The fourth-order valence-electron chi connectivity index (χ4n) is 1.91. The zero-order chi connectivity index (χ0) is 13.0. The van der Waals surface area contributed by atoms with E-state index in [1.165, 1.54) is 0 Å². The molecule has 0 radical (unpaired) electrons. The first-order valence-corrected chi connectivity index (χ1v) is 5.97. The molecule has 2 aromatic heterocycles. The van der Waals surface area contributed by atoms with Gasteiger partial charge in [-0.15, -0.1) is 0 Å². The van der Waals surface area contributed by atoms with Gasteiger partial charge in [0.25, 0.3) is 0 Å². The van der Waals surface area contributed by atoms with Crippen LogP contribution < -0.4 is 5.32 Å². The highest BCUT2D eigenvalue weighted by molar-refractivity contribution is 5.52. The molecule has 2 aromatic rings. The lowest BCUT2D eigenvalue weighted by molar-refractivity contribution is 0.182. The molecular formula is C12H19N5O. The molecule has 0 amide bonds. The predicted molar refractivity (Wildman–Crippen MR) is 69.5 cm³/mol. The first kappa shape index (κ1) is 12.6. The van der Waals surface area contributed by atoms with Gasteiger partial charge in [-0.1, -0.05) is 0 Å². The van der Waals surface area contributed by atoms with E-state index in [-0.39, 0.29) is 0 Å². The molecule has 0 aliphatic heterocycles. The van der Waals surface area contributed by atoms with Gasteiger partial charge in [0, 0.05) is 19.5 Å². The van der Waals surface area contributed by atoms with Crippen LogP contribution >= 0.6 is 0 Å². The molecule has 0 bridgehead atoms. The molecule has 98 valence electrons. The van der Waals surface area contributed by atoms with Crippen LogP contribution in [0.2, 0.25) is 0 Å². The lowest BCUT2D eigenvalue weighted by Gasteiger charge is -2.06. The average Bonchev–Trinajstić information content (AvgIpc) is 2.95. The van der Waals surface area contributed by atoms with Gasteiger partial charge in [0.2, 0.25) is 0 Å². The van der Waals surface area contributed by atoms with Crippen LogP contribution in [0.3, 0.4) is 0 Å². The number of H-pyrrole nitrogens is 1. The molecule has 0 aromatic carbocycles. The fourth-order valence-corrected chi connectivity index (χ4v) is 1.91. The average molecular weight is 249 g/mol. The number of nitrogens with zero attached hydrogens (tertiary/aromatic N) is 3. The molecule has 0 saturated carbocycles. The monoisotopic (exact) mass is 249 g/mol. The standard InChI is InChI=1S/C12H19N5O/c1-9-12(15-8-11-13-4-5-14-11)10(2)17(16-9)6-7-18-3/h4-5,15H,6-8H2,1-3H3,(H,13,14). The molecule has 18 heavy (non-hydrogen) atoms. The van der Waals surface area contributed by atoms with E-state index in [0.717, 1.165) is 29.4 Å². The molecular weight excluding hydrogens is 230 g/mol. The van der Waals surface area contributed by atoms with Gasteiger partial charge in [-0.2, -0.15) is 5.10 Å². The highest BCUT2D eigenvalue weighted by atomic mass is 16.5. The Bertz CT molecular complexity index is 489. The van der Waals surface area contributed by atoms with Crippen molar-refractivity contribution >= 4 is 5.69 Å². The van der Waals surface area contributed by atoms with Gasteiger partial charge in [0.05, 0.1) is 36.8 Å². The lowest BCUT2D eigenvalue weighted by Crippen LogP contribution is -2.08. The van der Waals surface area contributed by atoms with Crippen LogP contribution in [0, 0.1) is 13.8 Å². The van der Waals surface area contributed by atoms with Crippen LogP contribution in [0.4, 0.5) is 5.69 Å². The molecule has 0 unspecified atom stereocenters. The number of ether oxygens (including phenoxy) is 1. The minimum atomic E-state index is 0.666. The maximum atomic E-state index is 5.07.